The van der Waals surface area contributed by atoms with E-state index in [0.29, 0.717) is 5.78 Å². The molecule has 14 heavy (non-hydrogen) atoms. The fraction of sp³-hybridized carbons (Fsp3) is 0.750. The maximum atomic E-state index is 12.0. The van der Waals surface area contributed by atoms with Crippen LogP contribution < -0.4 is 0 Å². The van der Waals surface area contributed by atoms with Gasteiger partial charge < -0.3 is 4.74 Å². The molecule has 0 unspecified atom stereocenters. The van der Waals surface area contributed by atoms with Crippen molar-refractivity contribution >= 4 is 5.78 Å². The van der Waals surface area contributed by atoms with Crippen LogP contribution in [-0.4, -0.2) is 18.5 Å². The monoisotopic (exact) mass is 192 g/mol. The van der Waals surface area contributed by atoms with Crippen molar-refractivity contribution in [3.8, 4) is 0 Å². The third-order valence-corrected chi connectivity index (χ3v) is 4.50. The SMILES string of the molecule is CO[C@]12C=C3CCC[C@@]3(CC1)CC2=O. The molecule has 2 bridgehead atoms. The van der Waals surface area contributed by atoms with E-state index >= 15 is 0 Å². The summed E-state index contributed by atoms with van der Waals surface area (Å²) in [4.78, 5) is 12.0. The normalized spacial score (nSPS) is 45.2. The number of fused-ring (bicyclic) bond motifs is 2. The van der Waals surface area contributed by atoms with Crippen LogP contribution in [-0.2, 0) is 9.53 Å². The van der Waals surface area contributed by atoms with E-state index in [2.05, 4.69) is 6.08 Å². The molecule has 1 spiro atoms. The Morgan fingerprint density at radius 2 is 2.21 bits per heavy atom. The van der Waals surface area contributed by atoms with E-state index in [-0.39, 0.29) is 5.41 Å². The number of carbonyl (C=O) groups excluding carboxylic acids is 1. The van der Waals surface area contributed by atoms with Gasteiger partial charge in [0.05, 0.1) is 0 Å². The van der Waals surface area contributed by atoms with E-state index in [1.807, 2.05) is 0 Å². The molecule has 2 saturated carbocycles. The lowest BCUT2D eigenvalue weighted by atomic mass is 9.59. The second-order valence-corrected chi connectivity index (χ2v) is 5.00. The fourth-order valence-electron chi connectivity index (χ4n) is 3.57. The van der Waals surface area contributed by atoms with Gasteiger partial charge in [0.2, 0.25) is 0 Å². The molecular weight excluding hydrogens is 176 g/mol. The minimum atomic E-state index is -0.526. The van der Waals surface area contributed by atoms with Crippen LogP contribution in [0, 0.1) is 5.41 Å². The first-order valence-electron chi connectivity index (χ1n) is 5.52. The van der Waals surface area contributed by atoms with Gasteiger partial charge >= 0.3 is 0 Å². The summed E-state index contributed by atoms with van der Waals surface area (Å²) in [6.07, 6.45) is 8.65. The Hall–Kier alpha value is -0.630. The molecule has 4 rings (SSSR count). The van der Waals surface area contributed by atoms with Crippen molar-refractivity contribution in [3.05, 3.63) is 11.6 Å². The molecule has 0 radical (unpaired) electrons. The van der Waals surface area contributed by atoms with Gasteiger partial charge in [0.1, 0.15) is 5.60 Å². The van der Waals surface area contributed by atoms with Gasteiger partial charge in [0.25, 0.3) is 0 Å². The lowest BCUT2D eigenvalue weighted by Gasteiger charge is -2.48. The third-order valence-electron chi connectivity index (χ3n) is 4.50. The number of rotatable bonds is 1. The largest absolute Gasteiger partial charge is 0.366 e. The molecule has 76 valence electrons. The van der Waals surface area contributed by atoms with Gasteiger partial charge in [-0.1, -0.05) is 5.57 Å². The number of hydrogen-bond acceptors (Lipinski definition) is 2. The number of ketones is 1. The van der Waals surface area contributed by atoms with Gasteiger partial charge in [-0.15, -0.1) is 0 Å². The van der Waals surface area contributed by atoms with Crippen LogP contribution in [0.15, 0.2) is 11.6 Å². The molecule has 0 saturated heterocycles. The second kappa shape index (κ2) is 2.48. The van der Waals surface area contributed by atoms with Crippen molar-refractivity contribution in [2.24, 2.45) is 5.41 Å². The zero-order chi connectivity index (χ0) is 9.81. The van der Waals surface area contributed by atoms with E-state index in [1.165, 1.54) is 31.3 Å². The van der Waals surface area contributed by atoms with Crippen LogP contribution >= 0.6 is 0 Å². The molecule has 2 heteroatoms. The van der Waals surface area contributed by atoms with Gasteiger partial charge in [-0.25, -0.2) is 0 Å². The fourth-order valence-corrected chi connectivity index (χ4v) is 3.57. The average Bonchev–Trinajstić information content (AvgIpc) is 2.59. The van der Waals surface area contributed by atoms with Gasteiger partial charge in [-0.2, -0.15) is 0 Å². The summed E-state index contributed by atoms with van der Waals surface area (Å²) in [5.41, 5.74) is 1.27. The molecule has 0 aromatic heterocycles. The average molecular weight is 192 g/mol. The van der Waals surface area contributed by atoms with Crippen molar-refractivity contribution in [2.75, 3.05) is 7.11 Å². The Morgan fingerprint density at radius 3 is 2.93 bits per heavy atom. The number of Topliss-reactive ketones (excluding diaryl/α,β-unsaturated/α-hetero) is 1. The molecule has 0 aromatic carbocycles. The number of ether oxygens (including phenoxy) is 1. The van der Waals surface area contributed by atoms with E-state index in [1.54, 1.807) is 7.11 Å². The number of hydrogen-bond donors (Lipinski definition) is 0. The maximum Gasteiger partial charge on any atom is 0.169 e. The van der Waals surface area contributed by atoms with Crippen LogP contribution in [0.25, 0.3) is 0 Å². The molecule has 0 aromatic rings. The Bertz CT molecular complexity index is 331. The van der Waals surface area contributed by atoms with Crippen LogP contribution in [0.2, 0.25) is 0 Å². The smallest absolute Gasteiger partial charge is 0.169 e. The Kier molecular flexibility index (Phi) is 1.54. The Balaban J connectivity index is 2.12. The van der Waals surface area contributed by atoms with Crippen molar-refractivity contribution in [1.29, 1.82) is 0 Å². The van der Waals surface area contributed by atoms with E-state index in [4.69, 9.17) is 4.74 Å². The number of methoxy groups -OCH3 is 1. The summed E-state index contributed by atoms with van der Waals surface area (Å²) in [6, 6.07) is 0. The van der Waals surface area contributed by atoms with Crippen LogP contribution in [0.4, 0.5) is 0 Å². The summed E-state index contributed by atoms with van der Waals surface area (Å²) in [7, 11) is 1.67. The molecule has 2 atom stereocenters. The highest BCUT2D eigenvalue weighted by molar-refractivity contribution is 5.93. The highest BCUT2D eigenvalue weighted by atomic mass is 16.5. The first-order valence-corrected chi connectivity index (χ1v) is 5.52. The van der Waals surface area contributed by atoms with Crippen LogP contribution in [0.3, 0.4) is 0 Å². The second-order valence-electron chi connectivity index (χ2n) is 5.00. The predicted molar refractivity (Wildman–Crippen MR) is 53.0 cm³/mol. The van der Waals surface area contributed by atoms with Crippen molar-refractivity contribution in [1.82, 2.24) is 0 Å². The first kappa shape index (κ1) is 8.66. The van der Waals surface area contributed by atoms with E-state index in [9.17, 15) is 4.79 Å². The molecule has 0 amide bonds. The highest BCUT2D eigenvalue weighted by Gasteiger charge is 2.55. The molecule has 0 N–H and O–H groups in total. The minimum absolute atomic E-state index is 0.275. The van der Waals surface area contributed by atoms with Gasteiger partial charge in [-0.3, -0.25) is 4.79 Å². The summed E-state index contributed by atoms with van der Waals surface area (Å²) in [5, 5.41) is 0. The van der Waals surface area contributed by atoms with Crippen molar-refractivity contribution in [3.63, 3.8) is 0 Å². The maximum absolute atomic E-state index is 12.0. The lowest BCUT2D eigenvalue weighted by Crippen LogP contribution is -2.51. The van der Waals surface area contributed by atoms with E-state index in [0.717, 1.165) is 12.8 Å². The number of carbonyl (C=O) groups is 1. The molecule has 0 aliphatic heterocycles. The zero-order valence-corrected chi connectivity index (χ0v) is 8.64. The zero-order valence-electron chi connectivity index (χ0n) is 8.64. The quantitative estimate of drug-likeness (QED) is 0.595. The summed E-state index contributed by atoms with van der Waals surface area (Å²) >= 11 is 0. The molecule has 4 aliphatic rings. The summed E-state index contributed by atoms with van der Waals surface area (Å²) < 4.78 is 5.46. The van der Waals surface area contributed by atoms with Gasteiger partial charge in [-0.05, 0) is 43.6 Å². The lowest BCUT2D eigenvalue weighted by molar-refractivity contribution is -0.145. The van der Waals surface area contributed by atoms with Crippen molar-refractivity contribution < 1.29 is 9.53 Å². The Morgan fingerprint density at radius 1 is 1.36 bits per heavy atom. The molecule has 2 fully saturated rings. The Labute approximate surface area is 84.3 Å². The standard InChI is InChI=1S/C12H16O2/c1-14-12-6-5-11(8-10(12)13)4-2-3-9(11)7-12/h7H,2-6,8H2,1H3/t11-,12+/m1/s1. The van der Waals surface area contributed by atoms with E-state index < -0.39 is 5.60 Å². The summed E-state index contributed by atoms with van der Waals surface area (Å²) in [6.45, 7) is 0. The molecular formula is C12H16O2. The molecule has 2 nitrogen and oxygen atoms in total. The molecule has 0 heterocycles. The van der Waals surface area contributed by atoms with Crippen molar-refractivity contribution in [2.45, 2.75) is 44.1 Å². The topological polar surface area (TPSA) is 26.3 Å². The third kappa shape index (κ3) is 0.830. The van der Waals surface area contributed by atoms with Gasteiger partial charge in [0, 0.05) is 13.5 Å². The molecule has 4 aliphatic carbocycles. The van der Waals surface area contributed by atoms with Gasteiger partial charge in [0.15, 0.2) is 5.78 Å². The minimum Gasteiger partial charge on any atom is -0.366 e. The number of allylic oxidation sites excluding steroid dienone is 1. The highest BCUT2D eigenvalue weighted by Crippen LogP contribution is 2.58. The van der Waals surface area contributed by atoms with Crippen LogP contribution in [0.1, 0.15) is 38.5 Å². The summed E-state index contributed by atoms with van der Waals surface area (Å²) in [5.74, 6) is 0.317. The first-order chi connectivity index (χ1) is 6.71. The predicted octanol–water partition coefficient (Wildman–Crippen LogP) is 2.23. The van der Waals surface area contributed by atoms with Crippen LogP contribution in [0.5, 0.6) is 0 Å².